The third-order valence-corrected chi connectivity index (χ3v) is 5.17. The lowest BCUT2D eigenvalue weighted by Gasteiger charge is -2.11. The van der Waals surface area contributed by atoms with Gasteiger partial charge in [-0.2, -0.15) is 18.3 Å². The summed E-state index contributed by atoms with van der Waals surface area (Å²) in [6.45, 7) is 1.89. The van der Waals surface area contributed by atoms with Crippen LogP contribution in [0.4, 0.5) is 27.6 Å². The van der Waals surface area contributed by atoms with Crippen LogP contribution in [0, 0.1) is 5.82 Å². The third-order valence-electron chi connectivity index (χ3n) is 5.17. The molecule has 0 aliphatic rings. The number of fused-ring (bicyclic) bond motifs is 1. The summed E-state index contributed by atoms with van der Waals surface area (Å²) in [5, 5.41) is 5.60. The highest BCUT2D eigenvalue weighted by atomic mass is 19.4. The molecule has 36 heavy (non-hydrogen) atoms. The number of benzene rings is 1. The third kappa shape index (κ3) is 6.12. The fourth-order valence-electron chi connectivity index (χ4n) is 3.49. The van der Waals surface area contributed by atoms with Gasteiger partial charge in [-0.25, -0.2) is 13.9 Å². The van der Waals surface area contributed by atoms with Gasteiger partial charge in [0.1, 0.15) is 17.6 Å². The zero-order valence-corrected chi connectivity index (χ0v) is 19.0. The van der Waals surface area contributed by atoms with Gasteiger partial charge in [-0.3, -0.25) is 14.6 Å². The molecule has 190 valence electrons. The maximum absolute atomic E-state index is 14.4. The van der Waals surface area contributed by atoms with E-state index in [1.807, 2.05) is 6.92 Å². The molecule has 1 aromatic carbocycles. The summed E-state index contributed by atoms with van der Waals surface area (Å²) >= 11 is 0. The number of nitrogens with two attached hydrogens (primary N) is 1. The van der Waals surface area contributed by atoms with Crippen molar-refractivity contribution in [2.24, 2.45) is 0 Å². The van der Waals surface area contributed by atoms with Crippen LogP contribution >= 0.6 is 0 Å². The zero-order chi connectivity index (χ0) is 26.5. The quantitative estimate of drug-likeness (QED) is 0.381. The Hall–Kier alpha value is -4.09. The van der Waals surface area contributed by atoms with Gasteiger partial charge in [0.05, 0.1) is 29.5 Å². The van der Waals surface area contributed by atoms with E-state index in [4.69, 9.17) is 5.73 Å². The number of H-pyrrole nitrogens is 1. The second kappa shape index (κ2) is 11.1. The standard InChI is InChI=1S/C19H18F2N2O.C5H4F3N3O/c1-2-5-14(20)12-23-9-7-13-10-16(18-6-3-4-8-22-18)17(21)11-15(13)19(23)24;6-5(7,8)3-2(9)1-10-11-4(3)12/h3-4,6-11,14H,2,5,12H2,1H3;1H,(H3,9,11,12). The summed E-state index contributed by atoms with van der Waals surface area (Å²) in [7, 11) is 0. The Morgan fingerprint density at radius 2 is 1.92 bits per heavy atom. The van der Waals surface area contributed by atoms with Crippen molar-refractivity contribution in [3.63, 3.8) is 0 Å². The number of nitrogen functional groups attached to an aromatic ring is 1. The molecule has 0 saturated heterocycles. The van der Waals surface area contributed by atoms with Crippen LogP contribution in [0.15, 0.2) is 64.6 Å². The van der Waals surface area contributed by atoms with E-state index in [2.05, 4.69) is 10.1 Å². The van der Waals surface area contributed by atoms with Gasteiger partial charge in [-0.1, -0.05) is 19.4 Å². The molecule has 0 saturated carbocycles. The number of hydrogen-bond donors (Lipinski definition) is 2. The van der Waals surface area contributed by atoms with Gasteiger partial charge >= 0.3 is 6.18 Å². The van der Waals surface area contributed by atoms with Crippen LogP contribution in [0.2, 0.25) is 0 Å². The van der Waals surface area contributed by atoms with Gasteiger partial charge in [0, 0.05) is 18.0 Å². The Kier molecular flexibility index (Phi) is 8.18. The first-order valence-electron chi connectivity index (χ1n) is 10.8. The predicted molar refractivity (Wildman–Crippen MR) is 125 cm³/mol. The van der Waals surface area contributed by atoms with E-state index in [0.717, 1.165) is 6.20 Å². The maximum Gasteiger partial charge on any atom is 0.423 e. The largest absolute Gasteiger partial charge is 0.423 e. The summed E-state index contributed by atoms with van der Waals surface area (Å²) in [6, 6.07) is 9.78. The van der Waals surface area contributed by atoms with Gasteiger partial charge in [-0.05, 0) is 42.1 Å². The zero-order valence-electron chi connectivity index (χ0n) is 19.0. The summed E-state index contributed by atoms with van der Waals surface area (Å²) in [6.07, 6.45) is -0.810. The Morgan fingerprint density at radius 3 is 2.50 bits per heavy atom. The van der Waals surface area contributed by atoms with E-state index in [0.29, 0.717) is 29.5 Å². The maximum atomic E-state index is 14.4. The van der Waals surface area contributed by atoms with E-state index in [9.17, 15) is 31.5 Å². The first-order valence-corrected chi connectivity index (χ1v) is 10.8. The second-order valence-electron chi connectivity index (χ2n) is 7.82. The fraction of sp³-hybridized carbons (Fsp3) is 0.250. The van der Waals surface area contributed by atoms with E-state index >= 15 is 0 Å². The van der Waals surface area contributed by atoms with Gasteiger partial charge in [0.15, 0.2) is 0 Å². The van der Waals surface area contributed by atoms with Crippen LogP contribution in [0.3, 0.4) is 0 Å². The average Bonchev–Trinajstić information content (AvgIpc) is 2.81. The normalized spacial score (nSPS) is 12.2. The minimum Gasteiger partial charge on any atom is -0.397 e. The molecule has 0 bridgehead atoms. The summed E-state index contributed by atoms with van der Waals surface area (Å²) in [5.41, 5.74) is 1.97. The Bertz CT molecular complexity index is 1450. The number of hydrogen-bond acceptors (Lipinski definition) is 5. The molecule has 12 heteroatoms. The summed E-state index contributed by atoms with van der Waals surface area (Å²) in [4.78, 5) is 27.2. The summed E-state index contributed by atoms with van der Waals surface area (Å²) < 4.78 is 65.5. The lowest BCUT2D eigenvalue weighted by atomic mass is 10.0. The van der Waals surface area contributed by atoms with Crippen molar-refractivity contribution < 1.29 is 22.0 Å². The molecule has 1 unspecified atom stereocenters. The first kappa shape index (κ1) is 26.5. The van der Waals surface area contributed by atoms with Gasteiger partial charge in [0.2, 0.25) is 0 Å². The van der Waals surface area contributed by atoms with Crippen LogP contribution in [0.5, 0.6) is 0 Å². The number of aromatic nitrogens is 4. The fourth-order valence-corrected chi connectivity index (χ4v) is 3.49. The van der Waals surface area contributed by atoms with Crippen LogP contribution < -0.4 is 16.9 Å². The number of halogens is 5. The molecule has 0 aliphatic heterocycles. The molecule has 0 spiro atoms. The van der Waals surface area contributed by atoms with Crippen LogP contribution in [-0.4, -0.2) is 25.9 Å². The van der Waals surface area contributed by atoms with E-state index in [1.165, 1.54) is 10.6 Å². The molecular weight excluding hydrogens is 485 g/mol. The number of rotatable bonds is 5. The molecule has 1 atom stereocenters. The lowest BCUT2D eigenvalue weighted by molar-refractivity contribution is -0.138. The van der Waals surface area contributed by atoms with Crippen LogP contribution in [0.1, 0.15) is 25.3 Å². The molecule has 0 radical (unpaired) electrons. The first-order chi connectivity index (χ1) is 17.0. The topological polar surface area (TPSA) is 107 Å². The molecule has 3 aromatic heterocycles. The number of alkyl halides is 4. The number of aromatic amines is 1. The highest BCUT2D eigenvalue weighted by Gasteiger charge is 2.36. The Labute approximate surface area is 201 Å². The Balaban J connectivity index is 0.000000253. The number of pyridine rings is 2. The van der Waals surface area contributed by atoms with Crippen LogP contribution in [-0.2, 0) is 12.7 Å². The van der Waals surface area contributed by atoms with Crippen LogP contribution in [0.25, 0.3) is 22.0 Å². The van der Waals surface area contributed by atoms with Crippen molar-refractivity contribution in [3.8, 4) is 11.3 Å². The molecular formula is C24H22F5N5O2. The summed E-state index contributed by atoms with van der Waals surface area (Å²) in [5.74, 6) is -0.513. The lowest BCUT2D eigenvalue weighted by Crippen LogP contribution is -2.24. The van der Waals surface area contributed by atoms with Crippen molar-refractivity contribution in [1.29, 1.82) is 0 Å². The van der Waals surface area contributed by atoms with Crippen molar-refractivity contribution in [2.45, 2.75) is 38.7 Å². The average molecular weight is 507 g/mol. The number of anilines is 1. The molecule has 0 fully saturated rings. The molecule has 0 amide bonds. The van der Waals surface area contributed by atoms with Gasteiger partial charge in [0.25, 0.3) is 11.1 Å². The highest BCUT2D eigenvalue weighted by molar-refractivity contribution is 5.86. The predicted octanol–water partition coefficient (Wildman–Crippen LogP) is 4.71. The number of nitrogens with zero attached hydrogens (tertiary/aromatic N) is 3. The Morgan fingerprint density at radius 1 is 1.17 bits per heavy atom. The molecule has 3 N–H and O–H groups in total. The molecule has 4 rings (SSSR count). The van der Waals surface area contributed by atoms with Crippen molar-refractivity contribution in [2.75, 3.05) is 5.73 Å². The SMILES string of the molecule is CCCC(F)Cn1ccc2cc(-c3ccccn3)c(F)cc2c1=O.Nc1cn[nH]c(=O)c1C(F)(F)F. The monoisotopic (exact) mass is 507 g/mol. The van der Waals surface area contributed by atoms with E-state index in [-0.39, 0.29) is 17.5 Å². The smallest absolute Gasteiger partial charge is 0.397 e. The number of nitrogens with one attached hydrogen (secondary N) is 1. The van der Waals surface area contributed by atoms with Crippen molar-refractivity contribution in [3.05, 3.63) is 87.1 Å². The van der Waals surface area contributed by atoms with Gasteiger partial charge in [-0.15, -0.1) is 0 Å². The van der Waals surface area contributed by atoms with Gasteiger partial charge < -0.3 is 10.3 Å². The minimum atomic E-state index is -4.74. The molecule has 4 aromatic rings. The highest BCUT2D eigenvalue weighted by Crippen LogP contribution is 2.29. The molecule has 0 aliphatic carbocycles. The molecule has 7 nitrogen and oxygen atoms in total. The van der Waals surface area contributed by atoms with E-state index in [1.54, 1.807) is 47.8 Å². The molecule has 3 heterocycles. The van der Waals surface area contributed by atoms with Crippen molar-refractivity contribution >= 4 is 16.5 Å². The minimum absolute atomic E-state index is 0.00771. The second-order valence-corrected chi connectivity index (χ2v) is 7.82. The van der Waals surface area contributed by atoms with Crippen molar-refractivity contribution in [1.82, 2.24) is 19.7 Å². The van der Waals surface area contributed by atoms with E-state index < -0.39 is 35.0 Å².